The molecule has 2 N–H and O–H groups in total. The highest BCUT2D eigenvalue weighted by Crippen LogP contribution is 2.25. The molecule has 1 aromatic carbocycles. The SMILES string of the molecule is CCc1nn(C)c2n[nH]c(NC(=O)C(C)Cc3ccc(OC)c(F)c3)c12. The molecule has 0 radical (unpaired) electrons. The second kappa shape index (κ2) is 7.15. The van der Waals surface area contributed by atoms with Crippen molar-refractivity contribution in [2.24, 2.45) is 13.0 Å². The van der Waals surface area contributed by atoms with E-state index >= 15 is 0 Å². The number of aromatic amines is 1. The molecule has 0 spiro atoms. The minimum atomic E-state index is -0.434. The molecule has 138 valence electrons. The highest BCUT2D eigenvalue weighted by molar-refractivity contribution is 6.00. The first-order valence-electron chi connectivity index (χ1n) is 8.47. The number of methoxy groups -OCH3 is 1. The molecule has 3 rings (SSSR count). The summed E-state index contributed by atoms with van der Waals surface area (Å²) < 4.78 is 20.4. The summed E-state index contributed by atoms with van der Waals surface area (Å²) in [4.78, 5) is 12.6. The zero-order valence-electron chi connectivity index (χ0n) is 15.3. The summed E-state index contributed by atoms with van der Waals surface area (Å²) in [5, 5.41) is 15.2. The summed E-state index contributed by atoms with van der Waals surface area (Å²) in [6, 6.07) is 4.72. The Balaban J connectivity index is 1.74. The summed E-state index contributed by atoms with van der Waals surface area (Å²) in [6.07, 6.45) is 1.15. The van der Waals surface area contributed by atoms with Gasteiger partial charge in [-0.1, -0.05) is 19.9 Å². The number of rotatable bonds is 6. The Kier molecular flexibility index (Phi) is 4.92. The van der Waals surface area contributed by atoms with Crippen LogP contribution in [0.1, 0.15) is 25.1 Å². The van der Waals surface area contributed by atoms with E-state index in [1.165, 1.54) is 13.2 Å². The van der Waals surface area contributed by atoms with E-state index in [0.29, 0.717) is 17.9 Å². The minimum absolute atomic E-state index is 0.169. The molecule has 8 heteroatoms. The van der Waals surface area contributed by atoms with Crippen molar-refractivity contribution in [2.75, 3.05) is 12.4 Å². The molecule has 2 heterocycles. The van der Waals surface area contributed by atoms with Crippen molar-refractivity contribution in [1.82, 2.24) is 20.0 Å². The van der Waals surface area contributed by atoms with Gasteiger partial charge in [0.1, 0.15) is 5.82 Å². The minimum Gasteiger partial charge on any atom is -0.494 e. The molecule has 0 aliphatic heterocycles. The Morgan fingerprint density at radius 1 is 1.46 bits per heavy atom. The number of carbonyl (C=O) groups excluding carboxylic acids is 1. The lowest BCUT2D eigenvalue weighted by Crippen LogP contribution is -2.22. The van der Waals surface area contributed by atoms with Gasteiger partial charge in [0, 0.05) is 13.0 Å². The van der Waals surface area contributed by atoms with Crippen LogP contribution in [0, 0.1) is 11.7 Å². The summed E-state index contributed by atoms with van der Waals surface area (Å²) in [5.41, 5.74) is 2.30. The number of carbonyl (C=O) groups is 1. The van der Waals surface area contributed by atoms with Crippen molar-refractivity contribution in [1.29, 1.82) is 0 Å². The number of aromatic nitrogens is 4. The van der Waals surface area contributed by atoms with Crippen LogP contribution in [0.4, 0.5) is 10.2 Å². The fourth-order valence-corrected chi connectivity index (χ4v) is 2.99. The fraction of sp³-hybridized carbons (Fsp3) is 0.389. The van der Waals surface area contributed by atoms with Gasteiger partial charge in [-0.3, -0.25) is 9.89 Å². The maximum absolute atomic E-state index is 13.8. The molecular weight excluding hydrogens is 337 g/mol. The predicted molar refractivity (Wildman–Crippen MR) is 96.7 cm³/mol. The van der Waals surface area contributed by atoms with E-state index in [1.807, 2.05) is 14.0 Å². The lowest BCUT2D eigenvalue weighted by molar-refractivity contribution is -0.119. The van der Waals surface area contributed by atoms with Gasteiger partial charge in [-0.05, 0) is 30.5 Å². The van der Waals surface area contributed by atoms with Crippen LogP contribution in [-0.2, 0) is 24.7 Å². The number of nitrogens with zero attached hydrogens (tertiary/aromatic N) is 3. The van der Waals surface area contributed by atoms with Crippen molar-refractivity contribution in [3.63, 3.8) is 0 Å². The average molecular weight is 359 g/mol. The molecule has 1 amide bonds. The van der Waals surface area contributed by atoms with Crippen LogP contribution in [0.15, 0.2) is 18.2 Å². The van der Waals surface area contributed by atoms with Crippen LogP contribution in [0.25, 0.3) is 11.0 Å². The van der Waals surface area contributed by atoms with E-state index in [2.05, 4.69) is 20.6 Å². The molecule has 7 nitrogen and oxygen atoms in total. The Hall–Kier alpha value is -2.90. The number of halogens is 1. The molecule has 1 unspecified atom stereocenters. The van der Waals surface area contributed by atoms with Crippen LogP contribution >= 0.6 is 0 Å². The van der Waals surface area contributed by atoms with Crippen LogP contribution in [0.2, 0.25) is 0 Å². The highest BCUT2D eigenvalue weighted by Gasteiger charge is 2.20. The number of ether oxygens (including phenoxy) is 1. The van der Waals surface area contributed by atoms with Gasteiger partial charge in [-0.15, -0.1) is 0 Å². The van der Waals surface area contributed by atoms with E-state index in [4.69, 9.17) is 4.74 Å². The van der Waals surface area contributed by atoms with Crippen LogP contribution in [-0.4, -0.2) is 33.0 Å². The van der Waals surface area contributed by atoms with Gasteiger partial charge < -0.3 is 10.1 Å². The number of nitrogens with one attached hydrogen (secondary N) is 2. The number of fused-ring (bicyclic) bond motifs is 1. The monoisotopic (exact) mass is 359 g/mol. The molecule has 0 aliphatic rings. The standard InChI is InChI=1S/C18H22FN5O2/c1-5-13-15-16(21-22-17(15)24(3)23-13)20-18(25)10(2)8-11-6-7-14(26-4)12(19)9-11/h6-7,9-10H,5,8H2,1-4H3,(H2,20,21,22,25). The first-order valence-corrected chi connectivity index (χ1v) is 8.47. The molecule has 3 aromatic rings. The molecule has 0 aliphatic carbocycles. The molecular formula is C18H22FN5O2. The zero-order valence-corrected chi connectivity index (χ0v) is 15.3. The van der Waals surface area contributed by atoms with Gasteiger partial charge in [0.05, 0.1) is 18.2 Å². The van der Waals surface area contributed by atoms with E-state index < -0.39 is 5.82 Å². The number of amides is 1. The molecule has 0 bridgehead atoms. The van der Waals surface area contributed by atoms with Gasteiger partial charge in [0.15, 0.2) is 17.2 Å². The van der Waals surface area contributed by atoms with Crippen molar-refractivity contribution >= 4 is 22.8 Å². The van der Waals surface area contributed by atoms with Gasteiger partial charge in [-0.25, -0.2) is 9.07 Å². The number of hydrogen-bond donors (Lipinski definition) is 2. The third kappa shape index (κ3) is 3.26. The third-order valence-electron chi connectivity index (χ3n) is 4.40. The van der Waals surface area contributed by atoms with E-state index in [9.17, 15) is 9.18 Å². The number of H-pyrrole nitrogens is 1. The number of hydrogen-bond acceptors (Lipinski definition) is 4. The lowest BCUT2D eigenvalue weighted by Gasteiger charge is -2.12. The first kappa shape index (κ1) is 17.9. The van der Waals surface area contributed by atoms with Gasteiger partial charge >= 0.3 is 0 Å². The lowest BCUT2D eigenvalue weighted by atomic mass is 10.00. The highest BCUT2D eigenvalue weighted by atomic mass is 19.1. The van der Waals surface area contributed by atoms with E-state index in [0.717, 1.165) is 23.1 Å². The Morgan fingerprint density at radius 3 is 2.88 bits per heavy atom. The number of anilines is 1. The first-order chi connectivity index (χ1) is 12.4. The average Bonchev–Trinajstić information content (AvgIpc) is 3.16. The molecule has 0 saturated carbocycles. The maximum atomic E-state index is 13.8. The van der Waals surface area contributed by atoms with Crippen molar-refractivity contribution < 1.29 is 13.9 Å². The van der Waals surface area contributed by atoms with Gasteiger partial charge in [-0.2, -0.15) is 10.2 Å². The molecule has 0 fully saturated rings. The smallest absolute Gasteiger partial charge is 0.228 e. The van der Waals surface area contributed by atoms with Crippen molar-refractivity contribution in [3.8, 4) is 5.75 Å². The van der Waals surface area contributed by atoms with Gasteiger partial charge in [0.2, 0.25) is 5.91 Å². The van der Waals surface area contributed by atoms with E-state index in [1.54, 1.807) is 23.7 Å². The maximum Gasteiger partial charge on any atom is 0.228 e. The molecule has 1 atom stereocenters. The Bertz CT molecular complexity index is 947. The van der Waals surface area contributed by atoms with Crippen LogP contribution < -0.4 is 10.1 Å². The van der Waals surface area contributed by atoms with Crippen LogP contribution in [0.5, 0.6) is 5.75 Å². The topological polar surface area (TPSA) is 84.8 Å². The largest absolute Gasteiger partial charge is 0.494 e. The second-order valence-corrected chi connectivity index (χ2v) is 6.28. The van der Waals surface area contributed by atoms with Crippen molar-refractivity contribution in [3.05, 3.63) is 35.3 Å². The molecule has 0 saturated heterocycles. The quantitative estimate of drug-likeness (QED) is 0.709. The predicted octanol–water partition coefficient (Wildman–Crippen LogP) is 2.82. The summed E-state index contributed by atoms with van der Waals surface area (Å²) in [5.74, 6) is -0.214. The normalized spacial score (nSPS) is 12.3. The Morgan fingerprint density at radius 2 is 2.23 bits per heavy atom. The molecule has 2 aromatic heterocycles. The van der Waals surface area contributed by atoms with Gasteiger partial charge in [0.25, 0.3) is 0 Å². The van der Waals surface area contributed by atoms with Crippen LogP contribution in [0.3, 0.4) is 0 Å². The zero-order chi connectivity index (χ0) is 18.8. The summed E-state index contributed by atoms with van der Waals surface area (Å²) in [6.45, 7) is 3.80. The fourth-order valence-electron chi connectivity index (χ4n) is 2.99. The Labute approximate surface area is 150 Å². The van der Waals surface area contributed by atoms with E-state index in [-0.39, 0.29) is 17.6 Å². The molecule has 26 heavy (non-hydrogen) atoms. The third-order valence-corrected chi connectivity index (χ3v) is 4.40. The number of aryl methyl sites for hydroxylation is 2. The van der Waals surface area contributed by atoms with Crippen molar-refractivity contribution in [2.45, 2.75) is 26.7 Å². The summed E-state index contributed by atoms with van der Waals surface area (Å²) >= 11 is 0. The summed E-state index contributed by atoms with van der Waals surface area (Å²) in [7, 11) is 3.23. The second-order valence-electron chi connectivity index (χ2n) is 6.28. The number of benzene rings is 1.